The monoisotopic (exact) mass is 544 g/mol. The first kappa shape index (κ1) is 27.7. The van der Waals surface area contributed by atoms with Crippen LogP contribution in [0.1, 0.15) is 34.3 Å². The number of carbonyl (C=O) groups excluding carboxylic acids is 1. The molecule has 39 heavy (non-hydrogen) atoms. The van der Waals surface area contributed by atoms with Crippen LogP contribution in [0.2, 0.25) is 5.02 Å². The van der Waals surface area contributed by atoms with E-state index in [1.54, 1.807) is 31.2 Å². The van der Waals surface area contributed by atoms with E-state index >= 15 is 0 Å². The number of aromatic nitrogens is 1. The maximum absolute atomic E-state index is 12.5. The van der Waals surface area contributed by atoms with Gasteiger partial charge in [-0.15, -0.1) is 0 Å². The van der Waals surface area contributed by atoms with Crippen molar-refractivity contribution >= 4 is 23.4 Å². The first-order valence-electron chi connectivity index (χ1n) is 12.5. The molecule has 4 aromatic rings. The van der Waals surface area contributed by atoms with Crippen LogP contribution in [0.4, 0.5) is 0 Å². The minimum atomic E-state index is -1.02. The number of ketones is 1. The van der Waals surface area contributed by atoms with Crippen LogP contribution in [-0.2, 0) is 17.6 Å². The predicted molar refractivity (Wildman–Crippen MR) is 150 cm³/mol. The van der Waals surface area contributed by atoms with Gasteiger partial charge < -0.3 is 19.6 Å². The van der Waals surface area contributed by atoms with Gasteiger partial charge in [-0.2, -0.15) is 0 Å². The molecule has 0 saturated heterocycles. The Morgan fingerprint density at radius 3 is 2.44 bits per heavy atom. The number of carboxylic acids is 1. The zero-order valence-corrected chi connectivity index (χ0v) is 22.4. The predicted octanol–water partition coefficient (Wildman–Crippen LogP) is 6.30. The molecule has 0 aliphatic heterocycles. The molecule has 0 saturated carbocycles. The molecule has 3 aromatic carbocycles. The Balaban J connectivity index is 1.31. The van der Waals surface area contributed by atoms with E-state index in [1.807, 2.05) is 61.5 Å². The van der Waals surface area contributed by atoms with Crippen LogP contribution in [0.5, 0.6) is 5.75 Å². The highest BCUT2D eigenvalue weighted by molar-refractivity contribution is 6.34. The highest BCUT2D eigenvalue weighted by atomic mass is 35.5. The lowest BCUT2D eigenvalue weighted by Crippen LogP contribution is -2.37. The summed E-state index contributed by atoms with van der Waals surface area (Å²) in [6.07, 6.45) is 2.17. The summed E-state index contributed by atoms with van der Waals surface area (Å²) in [7, 11) is 0. The number of carbonyl (C=O) groups is 2. The maximum atomic E-state index is 12.5. The number of aliphatic carboxylic acids is 1. The molecule has 0 fully saturated rings. The molecular formula is C31H29ClN2O5. The van der Waals surface area contributed by atoms with Crippen molar-refractivity contribution in [2.75, 3.05) is 6.61 Å². The minimum absolute atomic E-state index is 0.224. The highest BCUT2D eigenvalue weighted by Crippen LogP contribution is 2.22. The molecule has 200 valence electrons. The molecule has 0 aliphatic carbocycles. The lowest BCUT2D eigenvalue weighted by atomic mass is 10.0. The highest BCUT2D eigenvalue weighted by Gasteiger charge is 2.19. The molecule has 0 amide bonds. The lowest BCUT2D eigenvalue weighted by Gasteiger charge is -2.16. The van der Waals surface area contributed by atoms with Crippen molar-refractivity contribution in [2.24, 2.45) is 0 Å². The number of allylic oxidation sites excluding steroid dienone is 2. The van der Waals surface area contributed by atoms with Gasteiger partial charge >= 0.3 is 5.97 Å². The van der Waals surface area contributed by atoms with Crippen molar-refractivity contribution in [3.63, 3.8) is 0 Å². The number of ether oxygens (including phenoxy) is 1. The average molecular weight is 545 g/mol. The molecule has 1 aromatic heterocycles. The van der Waals surface area contributed by atoms with Crippen molar-refractivity contribution in [1.82, 2.24) is 10.3 Å². The van der Waals surface area contributed by atoms with Crippen molar-refractivity contribution in [3.8, 4) is 17.2 Å². The van der Waals surface area contributed by atoms with E-state index < -0.39 is 12.0 Å². The molecule has 0 spiro atoms. The fourth-order valence-corrected chi connectivity index (χ4v) is 4.27. The Hall–Kier alpha value is -4.36. The van der Waals surface area contributed by atoms with Crippen LogP contribution in [0, 0.1) is 6.92 Å². The number of benzene rings is 3. The quantitative estimate of drug-likeness (QED) is 0.159. The summed E-state index contributed by atoms with van der Waals surface area (Å²) in [4.78, 5) is 29.0. The third-order valence-electron chi connectivity index (χ3n) is 6.07. The summed E-state index contributed by atoms with van der Waals surface area (Å²) in [5.41, 5.74) is 3.38. The third-order valence-corrected chi connectivity index (χ3v) is 6.40. The Labute approximate surface area is 232 Å². The topological polar surface area (TPSA) is 102 Å². The minimum Gasteiger partial charge on any atom is -0.493 e. The molecule has 8 heteroatoms. The van der Waals surface area contributed by atoms with Crippen LogP contribution in [0.15, 0.2) is 95.1 Å². The normalized spacial score (nSPS) is 12.1. The summed E-state index contributed by atoms with van der Waals surface area (Å²) in [6.45, 7) is 3.96. The molecule has 4 rings (SSSR count). The van der Waals surface area contributed by atoms with Gasteiger partial charge in [0, 0.05) is 35.7 Å². The van der Waals surface area contributed by atoms with E-state index in [4.69, 9.17) is 20.8 Å². The van der Waals surface area contributed by atoms with Crippen LogP contribution < -0.4 is 10.1 Å². The lowest BCUT2D eigenvalue weighted by molar-refractivity contribution is -0.139. The molecule has 0 unspecified atom stereocenters. The second kappa shape index (κ2) is 12.9. The van der Waals surface area contributed by atoms with Gasteiger partial charge in [-0.3, -0.25) is 4.79 Å². The van der Waals surface area contributed by atoms with Gasteiger partial charge in [0.05, 0.1) is 17.3 Å². The number of oxazole rings is 1. The van der Waals surface area contributed by atoms with E-state index in [-0.39, 0.29) is 12.2 Å². The van der Waals surface area contributed by atoms with Crippen LogP contribution in [0.3, 0.4) is 0 Å². The molecule has 1 heterocycles. The third kappa shape index (κ3) is 7.58. The van der Waals surface area contributed by atoms with Gasteiger partial charge in [-0.05, 0) is 55.8 Å². The molecule has 0 aliphatic rings. The summed E-state index contributed by atoms with van der Waals surface area (Å²) >= 11 is 6.09. The fraction of sp³-hybridized carbons (Fsp3) is 0.194. The van der Waals surface area contributed by atoms with Gasteiger partial charge in [0.2, 0.25) is 5.89 Å². The summed E-state index contributed by atoms with van der Waals surface area (Å²) in [5.74, 6) is 0.703. The maximum Gasteiger partial charge on any atom is 0.326 e. The SMILES string of the molecule is C/C(=C\C(=O)c1ccccc1Cl)N[C@@H](Cc1ccc(OCCc2nc(-c3ccccc3)oc2C)cc1)C(=O)O. The van der Waals surface area contributed by atoms with Gasteiger partial charge in [0.1, 0.15) is 17.6 Å². The average Bonchev–Trinajstić information content (AvgIpc) is 3.30. The van der Waals surface area contributed by atoms with Gasteiger partial charge in [-0.1, -0.05) is 54.1 Å². The van der Waals surface area contributed by atoms with E-state index in [0.29, 0.717) is 41.0 Å². The number of carboxylic acid groups (broad SMARTS) is 1. The van der Waals surface area contributed by atoms with Crippen molar-refractivity contribution in [3.05, 3.63) is 118 Å². The molecule has 7 nitrogen and oxygen atoms in total. The Morgan fingerprint density at radius 1 is 1.05 bits per heavy atom. The van der Waals surface area contributed by atoms with Crippen molar-refractivity contribution in [1.29, 1.82) is 0 Å². The number of nitrogens with one attached hydrogen (secondary N) is 1. The first-order valence-corrected chi connectivity index (χ1v) is 12.9. The molecule has 2 N–H and O–H groups in total. The Bertz CT molecular complexity index is 1460. The Morgan fingerprint density at radius 2 is 1.74 bits per heavy atom. The second-order valence-electron chi connectivity index (χ2n) is 9.04. The number of halogens is 1. The number of rotatable bonds is 12. The van der Waals surface area contributed by atoms with Crippen molar-refractivity contribution in [2.45, 2.75) is 32.7 Å². The van der Waals surface area contributed by atoms with E-state index in [1.165, 1.54) is 6.08 Å². The van der Waals surface area contributed by atoms with Crippen LogP contribution in [0.25, 0.3) is 11.5 Å². The number of aryl methyl sites for hydroxylation is 1. The summed E-state index contributed by atoms with van der Waals surface area (Å²) in [6, 6.07) is 22.8. The number of nitrogens with zero attached hydrogens (tertiary/aromatic N) is 1. The van der Waals surface area contributed by atoms with E-state index in [9.17, 15) is 14.7 Å². The smallest absolute Gasteiger partial charge is 0.326 e. The molecule has 0 radical (unpaired) electrons. The molecule has 0 bridgehead atoms. The second-order valence-corrected chi connectivity index (χ2v) is 9.45. The molecule has 1 atom stereocenters. The van der Waals surface area contributed by atoms with E-state index in [2.05, 4.69) is 10.3 Å². The largest absolute Gasteiger partial charge is 0.493 e. The fourth-order valence-electron chi connectivity index (χ4n) is 4.04. The summed E-state index contributed by atoms with van der Waals surface area (Å²) < 4.78 is 11.7. The van der Waals surface area contributed by atoms with Crippen LogP contribution in [-0.4, -0.2) is 34.5 Å². The number of hydrogen-bond acceptors (Lipinski definition) is 6. The zero-order valence-electron chi connectivity index (χ0n) is 21.7. The number of hydrogen-bond donors (Lipinski definition) is 2. The standard InChI is InChI=1S/C31H29ClN2O5/c1-20(18-29(35)25-10-6-7-11-26(25)32)33-28(31(36)37)19-22-12-14-24(15-13-22)38-17-16-27-21(2)39-30(34-27)23-8-4-3-5-9-23/h3-15,18,28,33H,16-17,19H2,1-2H3,(H,36,37)/b20-18+/t28-/m0/s1. The first-order chi connectivity index (χ1) is 18.8. The van der Waals surface area contributed by atoms with Gasteiger partial charge in [0.15, 0.2) is 5.78 Å². The Kier molecular flexibility index (Phi) is 9.18. The zero-order chi connectivity index (χ0) is 27.8. The summed E-state index contributed by atoms with van der Waals surface area (Å²) in [5, 5.41) is 13.0. The molecular weight excluding hydrogens is 516 g/mol. The van der Waals surface area contributed by atoms with Crippen molar-refractivity contribution < 1.29 is 23.8 Å². The van der Waals surface area contributed by atoms with E-state index in [0.717, 1.165) is 22.6 Å². The van der Waals surface area contributed by atoms with Crippen LogP contribution >= 0.6 is 11.6 Å². The van der Waals surface area contributed by atoms with Gasteiger partial charge in [0.25, 0.3) is 0 Å². The van der Waals surface area contributed by atoms with Gasteiger partial charge in [-0.25, -0.2) is 9.78 Å².